The van der Waals surface area contributed by atoms with E-state index in [4.69, 9.17) is 4.74 Å². The minimum atomic E-state index is -0.535. The number of likely N-dealkylation sites (N-methyl/N-ethyl adjacent to an activating group) is 1. The lowest BCUT2D eigenvalue weighted by atomic mass is 10.2. The molecule has 6 heteroatoms. The van der Waals surface area contributed by atoms with Crippen molar-refractivity contribution in [3.63, 3.8) is 0 Å². The predicted molar refractivity (Wildman–Crippen MR) is 77.6 cm³/mol. The first-order valence-electron chi connectivity index (χ1n) is 6.69. The van der Waals surface area contributed by atoms with Crippen molar-refractivity contribution < 1.29 is 14.6 Å². The minimum absolute atomic E-state index is 0.0674. The molecule has 6 nitrogen and oxygen atoms in total. The van der Waals surface area contributed by atoms with Gasteiger partial charge in [0.05, 0.1) is 36.8 Å². The van der Waals surface area contributed by atoms with E-state index >= 15 is 0 Å². The van der Waals surface area contributed by atoms with Crippen LogP contribution < -0.4 is 10.2 Å². The molecule has 0 saturated heterocycles. The van der Waals surface area contributed by atoms with Gasteiger partial charge in [0, 0.05) is 20.7 Å². The highest BCUT2D eigenvalue weighted by molar-refractivity contribution is 5.81. The number of carbonyl (C=O) groups is 1. The van der Waals surface area contributed by atoms with Crippen LogP contribution >= 0.6 is 0 Å². The molecule has 0 radical (unpaired) electrons. The Morgan fingerprint density at radius 2 is 2.30 bits per heavy atom. The van der Waals surface area contributed by atoms with Crippen molar-refractivity contribution in [1.82, 2.24) is 10.3 Å². The Morgan fingerprint density at radius 1 is 1.55 bits per heavy atom. The van der Waals surface area contributed by atoms with Gasteiger partial charge in [-0.15, -0.1) is 0 Å². The largest absolute Gasteiger partial charge is 0.387 e. The summed E-state index contributed by atoms with van der Waals surface area (Å²) in [5.74, 6) is -0.0674. The van der Waals surface area contributed by atoms with Crippen LogP contribution in [0.4, 0.5) is 5.69 Å². The Morgan fingerprint density at radius 3 is 2.85 bits per heavy atom. The molecule has 1 unspecified atom stereocenters. The highest BCUT2D eigenvalue weighted by Gasteiger charge is 2.10. The number of methoxy groups -OCH3 is 1. The quantitative estimate of drug-likeness (QED) is 0.687. The lowest BCUT2D eigenvalue weighted by Crippen LogP contribution is -2.36. The summed E-state index contributed by atoms with van der Waals surface area (Å²) < 4.78 is 4.87. The molecule has 1 aromatic heterocycles. The van der Waals surface area contributed by atoms with Crippen LogP contribution in [0.1, 0.15) is 25.1 Å². The molecule has 1 atom stereocenters. The molecule has 0 aliphatic carbocycles. The Labute approximate surface area is 119 Å². The molecule has 1 heterocycles. The van der Waals surface area contributed by atoms with Crippen LogP contribution in [0.5, 0.6) is 0 Å². The molecule has 0 spiro atoms. The Kier molecular flexibility index (Phi) is 6.97. The van der Waals surface area contributed by atoms with Crippen molar-refractivity contribution >= 4 is 11.6 Å². The van der Waals surface area contributed by atoms with Crippen LogP contribution in [0.25, 0.3) is 0 Å². The number of hydrogen-bond donors (Lipinski definition) is 2. The molecular formula is C14H23N3O3. The number of nitrogens with one attached hydrogen (secondary N) is 1. The summed E-state index contributed by atoms with van der Waals surface area (Å²) in [7, 11) is 3.42. The Hall–Kier alpha value is -1.66. The smallest absolute Gasteiger partial charge is 0.239 e. The molecule has 0 aliphatic rings. The van der Waals surface area contributed by atoms with Crippen molar-refractivity contribution in [2.75, 3.05) is 38.8 Å². The molecule has 0 aliphatic heterocycles. The Balaban J connectivity index is 2.50. The third kappa shape index (κ3) is 5.14. The molecule has 0 saturated carbocycles. The zero-order valence-corrected chi connectivity index (χ0v) is 12.3. The Bertz CT molecular complexity index is 409. The second-order valence-electron chi connectivity index (χ2n) is 4.56. The fourth-order valence-corrected chi connectivity index (χ4v) is 1.68. The number of aliphatic hydroxyl groups excluding tert-OH is 1. The number of amides is 1. The molecular weight excluding hydrogens is 258 g/mol. The van der Waals surface area contributed by atoms with E-state index in [0.29, 0.717) is 25.3 Å². The van der Waals surface area contributed by atoms with Crippen LogP contribution in [0, 0.1) is 0 Å². The number of carbonyl (C=O) groups excluding carboxylic acids is 1. The first-order valence-corrected chi connectivity index (χ1v) is 6.69. The number of aliphatic hydroxyl groups is 1. The van der Waals surface area contributed by atoms with E-state index in [0.717, 1.165) is 5.69 Å². The van der Waals surface area contributed by atoms with E-state index in [2.05, 4.69) is 10.3 Å². The number of hydrogen-bond acceptors (Lipinski definition) is 5. The maximum atomic E-state index is 11.7. The van der Waals surface area contributed by atoms with Gasteiger partial charge in [0.1, 0.15) is 0 Å². The highest BCUT2D eigenvalue weighted by atomic mass is 16.5. The van der Waals surface area contributed by atoms with Gasteiger partial charge in [-0.25, -0.2) is 0 Å². The summed E-state index contributed by atoms with van der Waals surface area (Å²) in [6, 6.07) is 3.63. The molecule has 20 heavy (non-hydrogen) atoms. The van der Waals surface area contributed by atoms with E-state index in [1.165, 1.54) is 0 Å². The molecule has 1 aromatic rings. The van der Waals surface area contributed by atoms with Crippen LogP contribution in [0.15, 0.2) is 18.3 Å². The number of nitrogens with zero attached hydrogens (tertiary/aromatic N) is 2. The highest BCUT2D eigenvalue weighted by Crippen LogP contribution is 2.17. The lowest BCUT2D eigenvalue weighted by Gasteiger charge is -2.19. The normalized spacial score (nSPS) is 12.0. The summed E-state index contributed by atoms with van der Waals surface area (Å²) in [4.78, 5) is 17.7. The summed E-state index contributed by atoms with van der Waals surface area (Å²) >= 11 is 0. The fourth-order valence-electron chi connectivity index (χ4n) is 1.68. The average molecular weight is 281 g/mol. The van der Waals surface area contributed by atoms with Crippen LogP contribution in [-0.2, 0) is 9.53 Å². The maximum Gasteiger partial charge on any atom is 0.239 e. The number of anilines is 1. The summed E-state index contributed by atoms with van der Waals surface area (Å²) in [6.07, 6.45) is 1.76. The number of ether oxygens (including phenoxy) is 1. The first kappa shape index (κ1) is 16.4. The van der Waals surface area contributed by atoms with Gasteiger partial charge in [-0.05, 0) is 18.6 Å². The van der Waals surface area contributed by atoms with Gasteiger partial charge in [-0.2, -0.15) is 0 Å². The summed E-state index contributed by atoms with van der Waals surface area (Å²) in [6.45, 7) is 3.15. The van der Waals surface area contributed by atoms with Gasteiger partial charge in [0.2, 0.25) is 5.91 Å². The molecule has 1 amide bonds. The number of rotatable bonds is 8. The zero-order valence-electron chi connectivity index (χ0n) is 12.3. The lowest BCUT2D eigenvalue weighted by molar-refractivity contribution is -0.119. The van der Waals surface area contributed by atoms with Gasteiger partial charge in [0.25, 0.3) is 0 Å². The molecule has 0 aromatic carbocycles. The van der Waals surface area contributed by atoms with E-state index in [9.17, 15) is 9.90 Å². The molecule has 0 fully saturated rings. The average Bonchev–Trinajstić information content (AvgIpc) is 2.46. The van der Waals surface area contributed by atoms with Gasteiger partial charge in [0.15, 0.2) is 0 Å². The monoisotopic (exact) mass is 281 g/mol. The molecule has 0 bridgehead atoms. The van der Waals surface area contributed by atoms with Gasteiger partial charge in [-0.1, -0.05) is 6.92 Å². The van der Waals surface area contributed by atoms with Gasteiger partial charge >= 0.3 is 0 Å². The summed E-state index contributed by atoms with van der Waals surface area (Å²) in [5.41, 5.74) is 1.48. The van der Waals surface area contributed by atoms with Crippen LogP contribution in [0.3, 0.4) is 0 Å². The zero-order chi connectivity index (χ0) is 15.0. The predicted octanol–water partition coefficient (Wildman–Crippen LogP) is 0.724. The summed E-state index contributed by atoms with van der Waals surface area (Å²) in [5, 5.41) is 12.4. The standard InChI is InChI=1S/C14H23N3O3/c1-4-13(18)12-6-5-11(9-16-12)17(2)10-14(19)15-7-8-20-3/h5-6,9,13,18H,4,7-8,10H2,1-3H3,(H,15,19). The third-order valence-corrected chi connectivity index (χ3v) is 2.95. The van der Waals surface area contributed by atoms with E-state index < -0.39 is 6.10 Å². The van der Waals surface area contributed by atoms with Gasteiger partial charge < -0.3 is 20.1 Å². The van der Waals surface area contributed by atoms with Crippen LogP contribution in [-0.4, -0.2) is 49.9 Å². The first-order chi connectivity index (χ1) is 9.58. The van der Waals surface area contributed by atoms with Gasteiger partial charge in [-0.3, -0.25) is 9.78 Å². The van der Waals surface area contributed by atoms with Crippen molar-refractivity contribution in [2.45, 2.75) is 19.4 Å². The van der Waals surface area contributed by atoms with Crippen LogP contribution in [0.2, 0.25) is 0 Å². The van der Waals surface area contributed by atoms with Crippen molar-refractivity contribution in [3.8, 4) is 0 Å². The second kappa shape index (κ2) is 8.50. The van der Waals surface area contributed by atoms with Crippen molar-refractivity contribution in [1.29, 1.82) is 0 Å². The second-order valence-corrected chi connectivity index (χ2v) is 4.56. The number of aromatic nitrogens is 1. The SMILES string of the molecule is CCC(O)c1ccc(N(C)CC(=O)NCCOC)cn1. The molecule has 1 rings (SSSR count). The van der Waals surface area contributed by atoms with E-state index in [1.54, 1.807) is 24.3 Å². The third-order valence-electron chi connectivity index (χ3n) is 2.95. The maximum absolute atomic E-state index is 11.7. The minimum Gasteiger partial charge on any atom is -0.387 e. The number of pyridine rings is 1. The molecule has 112 valence electrons. The molecule has 2 N–H and O–H groups in total. The fraction of sp³-hybridized carbons (Fsp3) is 0.571. The van der Waals surface area contributed by atoms with Crippen molar-refractivity contribution in [2.24, 2.45) is 0 Å². The van der Waals surface area contributed by atoms with E-state index in [-0.39, 0.29) is 12.5 Å². The topological polar surface area (TPSA) is 74.7 Å². The van der Waals surface area contributed by atoms with E-state index in [1.807, 2.05) is 20.0 Å². The van der Waals surface area contributed by atoms with Crippen molar-refractivity contribution in [3.05, 3.63) is 24.0 Å².